The van der Waals surface area contributed by atoms with Gasteiger partial charge in [0.05, 0.1) is 0 Å². The van der Waals surface area contributed by atoms with Crippen LogP contribution in [0.1, 0.15) is 31.0 Å². The zero-order chi connectivity index (χ0) is 41.7. The molecule has 58 heavy (non-hydrogen) atoms. The average Bonchev–Trinajstić information content (AvgIpc) is 3.72. The summed E-state index contributed by atoms with van der Waals surface area (Å²) in [6.07, 6.45) is 0.187. The van der Waals surface area contributed by atoms with Gasteiger partial charge in [-0.15, -0.1) is 22.0 Å². The van der Waals surface area contributed by atoms with Gasteiger partial charge in [0.25, 0.3) is 5.91 Å². The van der Waals surface area contributed by atoms with Crippen LogP contribution in [0.25, 0.3) is 0 Å². The van der Waals surface area contributed by atoms with Crippen LogP contribution in [0.3, 0.4) is 0 Å². The molecule has 1 unspecified atom stereocenters. The zero-order valence-corrected chi connectivity index (χ0v) is 32.8. The summed E-state index contributed by atoms with van der Waals surface area (Å²) in [6.45, 7) is 1.73. The molecule has 4 heterocycles. The Kier molecular flexibility index (Phi) is 12.4. The molecule has 23 heteroatoms. The number of amides is 7. The van der Waals surface area contributed by atoms with Gasteiger partial charge in [-0.1, -0.05) is 59.5 Å². The maximum absolute atomic E-state index is 14.1. The normalized spacial score (nSPS) is 19.4. The third-order valence-electron chi connectivity index (χ3n) is 8.78. The van der Waals surface area contributed by atoms with Gasteiger partial charge in [0, 0.05) is 45.0 Å². The number of hydrogen-bond donors (Lipinski definition) is 4. The summed E-state index contributed by atoms with van der Waals surface area (Å²) in [5, 5.41) is 24.1. The van der Waals surface area contributed by atoms with E-state index in [1.807, 2.05) is 0 Å². The molecule has 6 rings (SSSR count). The van der Waals surface area contributed by atoms with E-state index in [1.54, 1.807) is 18.2 Å². The van der Waals surface area contributed by atoms with Crippen LogP contribution in [0.5, 0.6) is 11.5 Å². The molecule has 4 N–H and O–H groups in total. The average molecular weight is 853 g/mol. The minimum Gasteiger partial charge on any atom is -0.477 e. The Morgan fingerprint density at radius 2 is 1.74 bits per heavy atom. The van der Waals surface area contributed by atoms with Crippen LogP contribution in [0.15, 0.2) is 69.7 Å². The van der Waals surface area contributed by atoms with Crippen molar-refractivity contribution in [2.75, 3.05) is 24.6 Å². The van der Waals surface area contributed by atoms with E-state index in [4.69, 9.17) is 9.47 Å². The van der Waals surface area contributed by atoms with Crippen molar-refractivity contribution in [3.63, 3.8) is 0 Å². The van der Waals surface area contributed by atoms with Crippen LogP contribution in [0.4, 0.5) is 4.79 Å². The molecule has 3 aliphatic heterocycles. The maximum atomic E-state index is 14.1. The highest BCUT2D eigenvalue weighted by molar-refractivity contribution is 8.01. The van der Waals surface area contributed by atoms with Gasteiger partial charge in [0.2, 0.25) is 18.0 Å². The number of esters is 2. The number of carboxylic acid groups (broad SMARTS) is 1. The molecule has 302 valence electrons. The van der Waals surface area contributed by atoms with Crippen molar-refractivity contribution in [1.29, 1.82) is 0 Å². The van der Waals surface area contributed by atoms with Gasteiger partial charge >= 0.3 is 35.8 Å². The molecule has 3 aromatic rings. The first-order valence-corrected chi connectivity index (χ1v) is 19.9. The number of urea groups is 1. The topological polar surface area (TPSA) is 264 Å². The fourth-order valence-electron chi connectivity index (χ4n) is 6.26. The molecule has 2 aromatic carbocycles. The Morgan fingerprint density at radius 1 is 1.02 bits per heavy atom. The number of benzene rings is 2. The lowest BCUT2D eigenvalue weighted by atomic mass is 9.94. The van der Waals surface area contributed by atoms with Gasteiger partial charge in [-0.2, -0.15) is 0 Å². The monoisotopic (exact) mass is 852 g/mol. The zero-order valence-electron chi connectivity index (χ0n) is 30.4. The quantitative estimate of drug-likeness (QED) is 0.0329. The number of nitrogens with one attached hydrogen (secondary N) is 3. The molecule has 3 aliphatic rings. The van der Waals surface area contributed by atoms with E-state index in [0.717, 1.165) is 35.4 Å². The molecule has 0 saturated carbocycles. The highest BCUT2D eigenvalue weighted by Gasteiger charge is 2.66. The Labute approximate surface area is 340 Å². The smallest absolute Gasteiger partial charge is 0.352 e. The van der Waals surface area contributed by atoms with Gasteiger partial charge < -0.3 is 35.4 Å². The van der Waals surface area contributed by atoms with Crippen LogP contribution < -0.4 is 25.4 Å². The summed E-state index contributed by atoms with van der Waals surface area (Å²) >= 11 is 3.60. The van der Waals surface area contributed by atoms with Crippen molar-refractivity contribution in [3.05, 3.63) is 76.4 Å². The maximum Gasteiger partial charge on any atom is 0.352 e. The van der Waals surface area contributed by atoms with Crippen molar-refractivity contribution in [2.45, 2.75) is 41.8 Å². The molecule has 0 spiro atoms. The first-order valence-electron chi connectivity index (χ1n) is 17.0. The number of β-lactam (4-membered cyclic amide) rings is 1. The van der Waals surface area contributed by atoms with Crippen LogP contribution in [0, 0.1) is 0 Å². The lowest BCUT2D eigenvalue weighted by Gasteiger charge is -2.56. The summed E-state index contributed by atoms with van der Waals surface area (Å²) in [5.74, 6) is -6.81. The Morgan fingerprint density at radius 3 is 2.40 bits per heavy atom. The molecule has 7 amide bonds. The van der Waals surface area contributed by atoms with Crippen LogP contribution >= 0.6 is 34.9 Å². The highest BCUT2D eigenvalue weighted by atomic mass is 32.2. The largest absolute Gasteiger partial charge is 0.477 e. The van der Waals surface area contributed by atoms with E-state index in [1.165, 1.54) is 58.9 Å². The van der Waals surface area contributed by atoms with Crippen molar-refractivity contribution < 1.29 is 57.7 Å². The summed E-state index contributed by atoms with van der Waals surface area (Å²) in [5.41, 5.74) is 0.111. The van der Waals surface area contributed by atoms with Crippen molar-refractivity contribution in [1.82, 2.24) is 40.8 Å². The number of fused-ring (bicyclic) bond motifs is 1. The third kappa shape index (κ3) is 8.50. The number of piperazine rings is 1. The number of thioether (sulfide) groups is 2. The second-order valence-electron chi connectivity index (χ2n) is 12.6. The van der Waals surface area contributed by atoms with E-state index in [2.05, 4.69) is 26.1 Å². The number of aromatic nitrogens is 2. The number of rotatable bonds is 14. The number of carbonyl (C=O) groups is 9. The first kappa shape index (κ1) is 41.3. The minimum atomic E-state index is -2.12. The fourth-order valence-corrected chi connectivity index (χ4v) is 9.31. The van der Waals surface area contributed by atoms with E-state index in [-0.39, 0.29) is 60.3 Å². The molecule has 20 nitrogen and oxygen atoms in total. The molecule has 0 aliphatic carbocycles. The molecule has 0 bridgehead atoms. The predicted molar refractivity (Wildman–Crippen MR) is 202 cm³/mol. The van der Waals surface area contributed by atoms with Crippen LogP contribution in [-0.2, 0) is 44.9 Å². The van der Waals surface area contributed by atoms with Crippen molar-refractivity contribution in [3.8, 4) is 11.5 Å². The lowest BCUT2D eigenvalue weighted by molar-refractivity contribution is -0.163. The molecule has 2 fully saturated rings. The second-order valence-corrected chi connectivity index (χ2v) is 15.7. The number of hydrogen-bond acceptors (Lipinski definition) is 16. The van der Waals surface area contributed by atoms with Gasteiger partial charge in [-0.05, 0) is 28.8 Å². The lowest BCUT2D eigenvalue weighted by Crippen LogP contribution is -2.85. The molecule has 0 radical (unpaired) electrons. The molecular weight excluding hydrogens is 821 g/mol. The highest BCUT2D eigenvalue weighted by Crippen LogP contribution is 2.46. The number of carboxylic acids is 1. The Bertz CT molecular complexity index is 2220. The van der Waals surface area contributed by atoms with Crippen LogP contribution in [-0.4, -0.2) is 120 Å². The fraction of sp³-hybridized carbons (Fsp3) is 0.286. The SMILES string of the molecule is CC(=O)Oc1ccc(CN2CCN(C(=O)NC(C(=O)N[C@]3(NC=O)C(=O)N4C(C(=O)O)=C(CSc5nncs5)CS[C@H]43)c3ccccc3)C(=O)C2=O)cc1OC(C)=O. The van der Waals surface area contributed by atoms with Crippen molar-refractivity contribution >= 4 is 88.8 Å². The molecule has 2 saturated heterocycles. The summed E-state index contributed by atoms with van der Waals surface area (Å²) < 4.78 is 10.8. The number of nitrogens with zero attached hydrogens (tertiary/aromatic N) is 5. The van der Waals surface area contributed by atoms with Crippen molar-refractivity contribution in [2.24, 2.45) is 0 Å². The Balaban J connectivity index is 1.17. The van der Waals surface area contributed by atoms with E-state index < -0.39 is 64.6 Å². The minimum absolute atomic E-state index is 0.0385. The molecular formula is C35H32N8O12S3. The van der Waals surface area contributed by atoms with E-state index in [9.17, 15) is 48.3 Å². The Hall–Kier alpha value is -6.33. The number of aliphatic carboxylic acids is 1. The first-order chi connectivity index (χ1) is 27.7. The number of carbonyl (C=O) groups excluding carboxylic acids is 8. The third-order valence-corrected chi connectivity index (χ3v) is 12.1. The van der Waals surface area contributed by atoms with Gasteiger partial charge in [-0.25, -0.2) is 9.59 Å². The number of imide groups is 1. The van der Waals surface area contributed by atoms with E-state index in [0.29, 0.717) is 20.4 Å². The van der Waals surface area contributed by atoms with E-state index >= 15 is 0 Å². The van der Waals surface area contributed by atoms with Gasteiger partial charge in [0.1, 0.15) is 22.6 Å². The second kappa shape index (κ2) is 17.4. The summed E-state index contributed by atoms with van der Waals surface area (Å²) in [6, 6.07) is 9.27. The number of ether oxygens (including phenoxy) is 2. The summed E-state index contributed by atoms with van der Waals surface area (Å²) in [7, 11) is 0. The predicted octanol–water partition coefficient (Wildman–Crippen LogP) is 0.615. The standard InChI is InChI=1S/C35H32N8O12S3/c1-18(45)54-23-9-8-20(12-24(23)55-19(2)46)13-41-10-11-42(29(49)28(41)48)33(53)38-25(21-6-4-3-5-7-21)27(47)39-35(36-16-44)31(52)43-26(30(50)51)22(14-56-32(35)43)15-57-34-40-37-17-58-34/h3-9,12,16-17,25,32H,10-11,13-15H2,1-2H3,(H,36,44)(H,38,53)(H,39,47)(H,50,51)/t25?,32-,35+/m0/s1. The molecule has 3 atom stereocenters. The van der Waals surface area contributed by atoms with Gasteiger partial charge in [-0.3, -0.25) is 43.4 Å². The molecule has 1 aromatic heterocycles. The van der Waals surface area contributed by atoms with Gasteiger partial charge in [0.15, 0.2) is 15.8 Å². The van der Waals surface area contributed by atoms with Crippen LogP contribution in [0.2, 0.25) is 0 Å². The summed E-state index contributed by atoms with van der Waals surface area (Å²) in [4.78, 5) is 118.